The van der Waals surface area contributed by atoms with Crippen LogP contribution in [0.2, 0.25) is 0 Å². The van der Waals surface area contributed by atoms with Gasteiger partial charge < -0.3 is 9.15 Å². The van der Waals surface area contributed by atoms with Crippen LogP contribution in [-0.2, 0) is 13.1 Å². The van der Waals surface area contributed by atoms with Crippen molar-refractivity contribution >= 4 is 0 Å². The fourth-order valence-corrected chi connectivity index (χ4v) is 2.84. The Hall–Kier alpha value is -2.66. The predicted molar refractivity (Wildman–Crippen MR) is 102 cm³/mol. The van der Waals surface area contributed by atoms with E-state index in [1.807, 2.05) is 31.3 Å². The first-order valence-corrected chi connectivity index (χ1v) is 8.78. The molecule has 0 aliphatic carbocycles. The zero-order valence-electron chi connectivity index (χ0n) is 15.7. The summed E-state index contributed by atoms with van der Waals surface area (Å²) in [6, 6.07) is 18.9. The predicted octanol–water partition coefficient (Wildman–Crippen LogP) is 5.88. The maximum absolute atomic E-state index is 12.9. The summed E-state index contributed by atoms with van der Waals surface area (Å²) in [4.78, 5) is 2.10. The fraction of sp³-hybridized carbons (Fsp3) is 0.273. The van der Waals surface area contributed by atoms with Gasteiger partial charge in [0, 0.05) is 19.0 Å². The summed E-state index contributed by atoms with van der Waals surface area (Å²) in [6.45, 7) is 4.10. The molecule has 3 nitrogen and oxygen atoms in total. The van der Waals surface area contributed by atoms with Gasteiger partial charge in [-0.25, -0.2) is 0 Å². The van der Waals surface area contributed by atoms with Crippen LogP contribution in [0, 0.1) is 6.92 Å². The molecule has 3 rings (SSSR count). The number of halogens is 2. The molecule has 1 heterocycles. The van der Waals surface area contributed by atoms with Gasteiger partial charge in [-0.15, -0.1) is 0 Å². The Bertz CT molecular complexity index is 865. The molecule has 0 saturated heterocycles. The molecule has 27 heavy (non-hydrogen) atoms. The zero-order chi connectivity index (χ0) is 19.4. The highest BCUT2D eigenvalue weighted by Crippen LogP contribution is 2.24. The molecule has 0 aliphatic rings. The number of hydrogen-bond acceptors (Lipinski definition) is 3. The number of benzene rings is 2. The lowest BCUT2D eigenvalue weighted by Gasteiger charge is -2.16. The van der Waals surface area contributed by atoms with Gasteiger partial charge >= 0.3 is 6.11 Å². The molecule has 0 unspecified atom stereocenters. The van der Waals surface area contributed by atoms with Crippen molar-refractivity contribution in [1.82, 2.24) is 4.90 Å². The van der Waals surface area contributed by atoms with E-state index in [1.165, 1.54) is 5.56 Å². The molecular formula is C22H23F2NO2. The minimum Gasteiger partial charge on any atom is -0.460 e. The molecule has 0 amide bonds. The van der Waals surface area contributed by atoms with E-state index < -0.39 is 6.11 Å². The third kappa shape index (κ3) is 5.66. The van der Waals surface area contributed by atoms with Crippen LogP contribution in [0.4, 0.5) is 8.78 Å². The maximum Gasteiger partial charge on any atom is 0.394 e. The second-order valence-corrected chi connectivity index (χ2v) is 6.86. The van der Waals surface area contributed by atoms with Crippen molar-refractivity contribution in [2.45, 2.75) is 33.0 Å². The minimum absolute atomic E-state index is 0.155. The van der Waals surface area contributed by atoms with Crippen LogP contribution < -0.4 is 4.74 Å². The number of ether oxygens (including phenoxy) is 1. The van der Waals surface area contributed by atoms with Gasteiger partial charge in [-0.1, -0.05) is 42.0 Å². The number of hydrogen-bond donors (Lipinski definition) is 0. The zero-order valence-corrected chi connectivity index (χ0v) is 15.7. The van der Waals surface area contributed by atoms with Gasteiger partial charge in [-0.3, -0.25) is 4.90 Å². The van der Waals surface area contributed by atoms with Crippen molar-refractivity contribution < 1.29 is 17.9 Å². The summed E-state index contributed by atoms with van der Waals surface area (Å²) < 4.78 is 36.2. The van der Waals surface area contributed by atoms with E-state index in [0.717, 1.165) is 29.6 Å². The van der Waals surface area contributed by atoms with Crippen LogP contribution in [0.15, 0.2) is 65.1 Å². The summed E-state index contributed by atoms with van der Waals surface area (Å²) in [5, 5.41) is 0. The topological polar surface area (TPSA) is 25.6 Å². The van der Waals surface area contributed by atoms with Crippen LogP contribution in [0.1, 0.15) is 23.8 Å². The highest BCUT2D eigenvalue weighted by atomic mass is 19.3. The summed E-state index contributed by atoms with van der Waals surface area (Å²) in [7, 11) is 1.98. The first kappa shape index (κ1) is 19.1. The van der Waals surface area contributed by atoms with E-state index in [1.54, 1.807) is 24.3 Å². The largest absolute Gasteiger partial charge is 0.460 e. The van der Waals surface area contributed by atoms with Gasteiger partial charge in [0.2, 0.25) is 0 Å². The lowest BCUT2D eigenvalue weighted by Crippen LogP contribution is -2.19. The van der Waals surface area contributed by atoms with E-state index in [0.29, 0.717) is 13.1 Å². The summed E-state index contributed by atoms with van der Waals surface area (Å²) in [5.74, 6) is 1.88. The molecule has 0 saturated carbocycles. The highest BCUT2D eigenvalue weighted by molar-refractivity contribution is 5.57. The van der Waals surface area contributed by atoms with E-state index in [4.69, 9.17) is 4.42 Å². The molecule has 142 valence electrons. The Labute approximate surface area is 158 Å². The van der Waals surface area contributed by atoms with Gasteiger partial charge in [0.25, 0.3) is 0 Å². The van der Waals surface area contributed by atoms with Crippen LogP contribution >= 0.6 is 0 Å². The molecule has 0 bridgehead atoms. The Morgan fingerprint density at radius 1 is 0.926 bits per heavy atom. The second-order valence-electron chi connectivity index (χ2n) is 6.86. The first-order valence-electron chi connectivity index (χ1n) is 8.78. The van der Waals surface area contributed by atoms with Crippen molar-refractivity contribution in [2.75, 3.05) is 7.05 Å². The van der Waals surface area contributed by atoms with Crippen molar-refractivity contribution in [1.29, 1.82) is 0 Å². The van der Waals surface area contributed by atoms with Crippen LogP contribution in [0.3, 0.4) is 0 Å². The Morgan fingerprint density at radius 3 is 2.22 bits per heavy atom. The maximum atomic E-state index is 12.9. The number of nitrogens with zero attached hydrogens (tertiary/aromatic N) is 1. The van der Waals surface area contributed by atoms with Crippen LogP contribution in [-0.4, -0.2) is 18.1 Å². The lowest BCUT2D eigenvalue weighted by molar-refractivity contribution is -0.158. The monoisotopic (exact) mass is 371 g/mol. The standard InChI is InChI=1S/C22H23F2NO2/c1-16-4-8-18(9-5-16)21-13-12-20(26-21)15-25(3)14-17-6-10-19(11-7-17)27-22(2,23)24/h4-13H,14-15H2,1-3H3. The second kappa shape index (κ2) is 7.92. The quantitative estimate of drug-likeness (QED) is 0.519. The summed E-state index contributed by atoms with van der Waals surface area (Å²) >= 11 is 0. The average molecular weight is 371 g/mol. The number of alkyl halides is 2. The van der Waals surface area contributed by atoms with Crippen LogP contribution in [0.5, 0.6) is 5.75 Å². The summed E-state index contributed by atoms with van der Waals surface area (Å²) in [6.07, 6.45) is -3.17. The summed E-state index contributed by atoms with van der Waals surface area (Å²) in [5.41, 5.74) is 3.27. The van der Waals surface area contributed by atoms with Gasteiger partial charge in [0.1, 0.15) is 17.3 Å². The molecule has 3 aromatic rings. The van der Waals surface area contributed by atoms with Crippen LogP contribution in [0.25, 0.3) is 11.3 Å². The number of furan rings is 1. The third-order valence-electron chi connectivity index (χ3n) is 4.10. The molecule has 0 atom stereocenters. The molecule has 1 aromatic heterocycles. The van der Waals surface area contributed by atoms with Crippen molar-refractivity contribution in [3.63, 3.8) is 0 Å². The van der Waals surface area contributed by atoms with Gasteiger partial charge in [-0.2, -0.15) is 8.78 Å². The molecule has 0 spiro atoms. The number of rotatable bonds is 7. The third-order valence-corrected chi connectivity index (χ3v) is 4.10. The first-order chi connectivity index (χ1) is 12.8. The smallest absolute Gasteiger partial charge is 0.394 e. The van der Waals surface area contributed by atoms with Crippen molar-refractivity contribution in [2.24, 2.45) is 0 Å². The normalized spacial score (nSPS) is 11.8. The Kier molecular flexibility index (Phi) is 5.61. The van der Waals surface area contributed by atoms with Gasteiger partial charge in [-0.05, 0) is 43.8 Å². The highest BCUT2D eigenvalue weighted by Gasteiger charge is 2.22. The van der Waals surface area contributed by atoms with Crippen molar-refractivity contribution in [3.8, 4) is 17.1 Å². The van der Waals surface area contributed by atoms with Crippen molar-refractivity contribution in [3.05, 3.63) is 77.6 Å². The van der Waals surface area contributed by atoms with E-state index in [2.05, 4.69) is 28.7 Å². The van der Waals surface area contributed by atoms with E-state index >= 15 is 0 Å². The molecule has 0 N–H and O–H groups in total. The molecule has 0 radical (unpaired) electrons. The minimum atomic E-state index is -3.17. The molecular weight excluding hydrogens is 348 g/mol. The lowest BCUT2D eigenvalue weighted by atomic mass is 10.1. The molecule has 2 aromatic carbocycles. The van der Waals surface area contributed by atoms with Gasteiger partial charge in [0.05, 0.1) is 6.54 Å². The van der Waals surface area contributed by atoms with E-state index in [9.17, 15) is 8.78 Å². The molecule has 0 fully saturated rings. The van der Waals surface area contributed by atoms with E-state index in [-0.39, 0.29) is 5.75 Å². The number of aryl methyl sites for hydroxylation is 1. The molecule has 0 aliphatic heterocycles. The Balaban J connectivity index is 1.58. The Morgan fingerprint density at radius 2 is 1.59 bits per heavy atom. The van der Waals surface area contributed by atoms with Gasteiger partial charge in [0.15, 0.2) is 0 Å². The SMILES string of the molecule is Cc1ccc(-c2ccc(CN(C)Cc3ccc(OC(C)(F)F)cc3)o2)cc1. The fourth-order valence-electron chi connectivity index (χ4n) is 2.84. The average Bonchev–Trinajstić information content (AvgIpc) is 3.04. The molecule has 5 heteroatoms.